The average molecular weight is 269 g/mol. The Morgan fingerprint density at radius 1 is 1.11 bits per heavy atom. The van der Waals surface area contributed by atoms with Crippen molar-refractivity contribution in [2.45, 2.75) is 25.0 Å². The minimum atomic E-state index is -0.920. The van der Waals surface area contributed by atoms with Crippen LogP contribution in [0.1, 0.15) is 19.4 Å². The SMILES string of the molecule is CSCC(C)(O)CNCC(C)(O)c1ccccc1. The zero-order chi connectivity index (χ0) is 13.6. The number of nitrogens with one attached hydrogen (secondary N) is 1. The Labute approximate surface area is 114 Å². The first-order valence-corrected chi connectivity index (χ1v) is 7.47. The van der Waals surface area contributed by atoms with E-state index < -0.39 is 11.2 Å². The van der Waals surface area contributed by atoms with Crippen LogP contribution in [0.4, 0.5) is 0 Å². The van der Waals surface area contributed by atoms with Gasteiger partial charge in [0.15, 0.2) is 0 Å². The van der Waals surface area contributed by atoms with Gasteiger partial charge in [-0.25, -0.2) is 0 Å². The third kappa shape index (κ3) is 4.98. The van der Waals surface area contributed by atoms with E-state index in [2.05, 4.69) is 5.32 Å². The van der Waals surface area contributed by atoms with Gasteiger partial charge in [0.2, 0.25) is 0 Å². The molecule has 18 heavy (non-hydrogen) atoms. The maximum absolute atomic E-state index is 10.4. The molecule has 1 rings (SSSR count). The van der Waals surface area contributed by atoms with Gasteiger partial charge in [0.1, 0.15) is 0 Å². The van der Waals surface area contributed by atoms with Crippen molar-refractivity contribution in [1.29, 1.82) is 0 Å². The highest BCUT2D eigenvalue weighted by molar-refractivity contribution is 7.98. The third-order valence-corrected chi connectivity index (χ3v) is 3.74. The Bertz CT molecular complexity index is 352. The first-order valence-electron chi connectivity index (χ1n) is 6.07. The number of rotatable bonds is 7. The fraction of sp³-hybridized carbons (Fsp3) is 0.571. The molecule has 0 fully saturated rings. The number of thioether (sulfide) groups is 1. The van der Waals surface area contributed by atoms with E-state index in [9.17, 15) is 10.2 Å². The lowest BCUT2D eigenvalue weighted by Gasteiger charge is -2.28. The van der Waals surface area contributed by atoms with E-state index in [1.165, 1.54) is 0 Å². The number of hydrogen-bond donors (Lipinski definition) is 3. The molecule has 0 saturated carbocycles. The molecule has 0 radical (unpaired) electrons. The lowest BCUT2D eigenvalue weighted by molar-refractivity contribution is 0.0411. The number of hydrogen-bond acceptors (Lipinski definition) is 4. The molecule has 0 heterocycles. The molecule has 0 bridgehead atoms. The molecule has 3 N–H and O–H groups in total. The minimum Gasteiger partial charge on any atom is -0.388 e. The summed E-state index contributed by atoms with van der Waals surface area (Å²) < 4.78 is 0. The summed E-state index contributed by atoms with van der Waals surface area (Å²) in [7, 11) is 0. The molecule has 1 aromatic rings. The molecule has 0 aliphatic rings. The highest BCUT2D eigenvalue weighted by Crippen LogP contribution is 2.19. The molecule has 3 nitrogen and oxygen atoms in total. The van der Waals surface area contributed by atoms with Crippen LogP contribution in [0.25, 0.3) is 0 Å². The van der Waals surface area contributed by atoms with Crippen LogP contribution in [-0.4, -0.2) is 40.9 Å². The summed E-state index contributed by atoms with van der Waals surface area (Å²) in [4.78, 5) is 0. The molecule has 1 aromatic carbocycles. The van der Waals surface area contributed by atoms with E-state index in [-0.39, 0.29) is 0 Å². The Morgan fingerprint density at radius 3 is 2.28 bits per heavy atom. The quantitative estimate of drug-likeness (QED) is 0.704. The normalized spacial score (nSPS) is 18.1. The number of aliphatic hydroxyl groups is 2. The molecule has 0 saturated heterocycles. The van der Waals surface area contributed by atoms with E-state index in [1.54, 1.807) is 25.6 Å². The maximum atomic E-state index is 10.4. The summed E-state index contributed by atoms with van der Waals surface area (Å²) >= 11 is 1.61. The molecule has 0 aliphatic heterocycles. The zero-order valence-electron chi connectivity index (χ0n) is 11.3. The van der Waals surface area contributed by atoms with Crippen LogP contribution in [0, 0.1) is 0 Å². The molecule has 0 amide bonds. The van der Waals surface area contributed by atoms with Crippen LogP contribution in [-0.2, 0) is 5.60 Å². The summed E-state index contributed by atoms with van der Waals surface area (Å²) in [5, 5.41) is 23.5. The second-order valence-electron chi connectivity index (χ2n) is 5.17. The highest BCUT2D eigenvalue weighted by Gasteiger charge is 2.25. The molecular weight excluding hydrogens is 246 g/mol. The van der Waals surface area contributed by atoms with Crippen molar-refractivity contribution in [3.8, 4) is 0 Å². The zero-order valence-corrected chi connectivity index (χ0v) is 12.1. The Kier molecular flexibility index (Phi) is 5.66. The highest BCUT2D eigenvalue weighted by atomic mass is 32.2. The summed E-state index contributed by atoms with van der Waals surface area (Å²) in [6.45, 7) is 4.46. The van der Waals surface area contributed by atoms with Gasteiger partial charge in [0.25, 0.3) is 0 Å². The largest absolute Gasteiger partial charge is 0.388 e. The first-order chi connectivity index (χ1) is 8.37. The Balaban J connectivity index is 2.48. The summed E-state index contributed by atoms with van der Waals surface area (Å²) in [6.07, 6.45) is 1.97. The first kappa shape index (κ1) is 15.5. The van der Waals surface area contributed by atoms with Crippen LogP contribution in [0.3, 0.4) is 0 Å². The summed E-state index contributed by atoms with van der Waals surface area (Å²) in [5.74, 6) is 0.674. The second-order valence-corrected chi connectivity index (χ2v) is 6.04. The fourth-order valence-corrected chi connectivity index (χ4v) is 2.56. The number of benzene rings is 1. The molecule has 102 valence electrons. The van der Waals surface area contributed by atoms with Gasteiger partial charge in [-0.15, -0.1) is 0 Å². The topological polar surface area (TPSA) is 52.5 Å². The molecule has 0 aromatic heterocycles. The van der Waals surface area contributed by atoms with Crippen LogP contribution >= 0.6 is 11.8 Å². The molecule has 0 spiro atoms. The van der Waals surface area contributed by atoms with Gasteiger partial charge in [-0.3, -0.25) is 0 Å². The third-order valence-electron chi connectivity index (χ3n) is 2.83. The van der Waals surface area contributed by atoms with E-state index in [0.29, 0.717) is 18.8 Å². The lowest BCUT2D eigenvalue weighted by atomic mass is 9.96. The predicted octanol–water partition coefficient (Wildman–Crippen LogP) is 1.60. The smallest absolute Gasteiger partial charge is 0.0992 e. The fourth-order valence-electron chi connectivity index (χ4n) is 1.84. The van der Waals surface area contributed by atoms with Gasteiger partial charge < -0.3 is 15.5 Å². The second kappa shape index (κ2) is 6.57. The van der Waals surface area contributed by atoms with Gasteiger partial charge >= 0.3 is 0 Å². The van der Waals surface area contributed by atoms with Gasteiger partial charge in [0, 0.05) is 18.8 Å². The van der Waals surface area contributed by atoms with Gasteiger partial charge in [-0.2, -0.15) is 11.8 Å². The standard InChI is InChI=1S/C14H23NO2S/c1-13(16,11-18-3)9-15-10-14(2,17)12-7-5-4-6-8-12/h4-8,15-17H,9-11H2,1-3H3. The van der Waals surface area contributed by atoms with Crippen molar-refractivity contribution in [2.75, 3.05) is 25.1 Å². The van der Waals surface area contributed by atoms with E-state index >= 15 is 0 Å². The molecule has 4 heteroatoms. The van der Waals surface area contributed by atoms with Gasteiger partial charge in [-0.05, 0) is 25.7 Å². The van der Waals surface area contributed by atoms with Crippen molar-refractivity contribution < 1.29 is 10.2 Å². The molecule has 2 unspecified atom stereocenters. The van der Waals surface area contributed by atoms with Crippen LogP contribution in [0.5, 0.6) is 0 Å². The average Bonchev–Trinajstić information content (AvgIpc) is 2.29. The van der Waals surface area contributed by atoms with Gasteiger partial charge in [-0.1, -0.05) is 30.3 Å². The van der Waals surface area contributed by atoms with Crippen molar-refractivity contribution >= 4 is 11.8 Å². The van der Waals surface area contributed by atoms with Crippen molar-refractivity contribution in [2.24, 2.45) is 0 Å². The lowest BCUT2D eigenvalue weighted by Crippen LogP contribution is -2.44. The summed E-state index contributed by atoms with van der Waals surface area (Å²) in [5.41, 5.74) is -0.787. The van der Waals surface area contributed by atoms with E-state index in [0.717, 1.165) is 5.56 Å². The molecule has 2 atom stereocenters. The maximum Gasteiger partial charge on any atom is 0.0992 e. The monoisotopic (exact) mass is 269 g/mol. The minimum absolute atomic E-state index is 0.418. The van der Waals surface area contributed by atoms with Crippen molar-refractivity contribution in [1.82, 2.24) is 5.32 Å². The van der Waals surface area contributed by atoms with Gasteiger partial charge in [0.05, 0.1) is 11.2 Å². The predicted molar refractivity (Wildman–Crippen MR) is 77.9 cm³/mol. The summed E-state index contributed by atoms with van der Waals surface area (Å²) in [6, 6.07) is 9.56. The van der Waals surface area contributed by atoms with Crippen LogP contribution in [0.2, 0.25) is 0 Å². The van der Waals surface area contributed by atoms with Crippen molar-refractivity contribution in [3.05, 3.63) is 35.9 Å². The van der Waals surface area contributed by atoms with Crippen molar-refractivity contribution in [3.63, 3.8) is 0 Å². The van der Waals surface area contributed by atoms with Crippen LogP contribution in [0.15, 0.2) is 30.3 Å². The van der Waals surface area contributed by atoms with E-state index in [4.69, 9.17) is 0 Å². The molecular formula is C14H23NO2S. The van der Waals surface area contributed by atoms with E-state index in [1.807, 2.05) is 36.6 Å². The Hall–Kier alpha value is -0.550. The molecule has 0 aliphatic carbocycles. The van der Waals surface area contributed by atoms with Crippen LogP contribution < -0.4 is 5.32 Å². The Morgan fingerprint density at radius 2 is 1.72 bits per heavy atom.